The molecule has 1 heterocycles. The highest BCUT2D eigenvalue weighted by molar-refractivity contribution is 6.36. The summed E-state index contributed by atoms with van der Waals surface area (Å²) in [6, 6.07) is 1.45. The molecule has 6 heteroatoms. The first-order valence-corrected chi connectivity index (χ1v) is 4.11. The van der Waals surface area contributed by atoms with Gasteiger partial charge < -0.3 is 10.4 Å². The first-order chi connectivity index (χ1) is 6.13. The Bertz CT molecular complexity index is 330. The van der Waals surface area contributed by atoms with Crippen LogP contribution in [0.5, 0.6) is 0 Å². The van der Waals surface area contributed by atoms with Crippen molar-refractivity contribution in [3.63, 3.8) is 0 Å². The standard InChI is InChI=1S/C7H6Cl2N2O2/c8-4-1-5(9)7(10-2-4)11-6(13)3-12/h1-2,12H,3H2,(H,10,11,13). The Morgan fingerprint density at radius 3 is 2.85 bits per heavy atom. The van der Waals surface area contributed by atoms with Gasteiger partial charge in [-0.2, -0.15) is 0 Å². The van der Waals surface area contributed by atoms with E-state index in [4.69, 9.17) is 28.3 Å². The zero-order valence-electron chi connectivity index (χ0n) is 6.42. The van der Waals surface area contributed by atoms with Crippen LogP contribution in [0, 0.1) is 0 Å². The Balaban J connectivity index is 2.83. The number of hydrogen-bond acceptors (Lipinski definition) is 3. The van der Waals surface area contributed by atoms with Crippen LogP contribution in [0.3, 0.4) is 0 Å². The summed E-state index contributed by atoms with van der Waals surface area (Å²) < 4.78 is 0. The highest BCUT2D eigenvalue weighted by Crippen LogP contribution is 2.22. The van der Waals surface area contributed by atoms with Gasteiger partial charge in [0.15, 0.2) is 5.82 Å². The lowest BCUT2D eigenvalue weighted by Crippen LogP contribution is -2.16. The fourth-order valence-electron chi connectivity index (χ4n) is 0.678. The molecule has 0 unspecified atom stereocenters. The summed E-state index contributed by atoms with van der Waals surface area (Å²) in [5, 5.41) is 11.3. The molecule has 0 saturated heterocycles. The van der Waals surface area contributed by atoms with Gasteiger partial charge in [-0.15, -0.1) is 0 Å². The maximum atomic E-state index is 10.7. The molecule has 1 rings (SSSR count). The molecule has 13 heavy (non-hydrogen) atoms. The third-order valence-corrected chi connectivity index (χ3v) is 1.70. The van der Waals surface area contributed by atoms with Crippen molar-refractivity contribution < 1.29 is 9.90 Å². The second-order valence-corrected chi connectivity index (χ2v) is 3.03. The molecule has 0 saturated carbocycles. The largest absolute Gasteiger partial charge is 0.387 e. The zero-order valence-corrected chi connectivity index (χ0v) is 7.93. The zero-order chi connectivity index (χ0) is 9.84. The molecular formula is C7H6Cl2N2O2. The lowest BCUT2D eigenvalue weighted by atomic mass is 10.4. The molecule has 1 aromatic rings. The summed E-state index contributed by atoms with van der Waals surface area (Å²) in [4.78, 5) is 14.5. The number of anilines is 1. The van der Waals surface area contributed by atoms with E-state index < -0.39 is 12.5 Å². The molecule has 0 aliphatic carbocycles. The third kappa shape index (κ3) is 2.84. The third-order valence-electron chi connectivity index (χ3n) is 1.21. The maximum absolute atomic E-state index is 10.7. The molecular weight excluding hydrogens is 215 g/mol. The molecule has 0 aliphatic rings. The smallest absolute Gasteiger partial charge is 0.251 e. The fourth-order valence-corrected chi connectivity index (χ4v) is 1.11. The molecule has 0 aliphatic heterocycles. The van der Waals surface area contributed by atoms with E-state index in [0.29, 0.717) is 5.02 Å². The Labute approximate surface area is 84.5 Å². The van der Waals surface area contributed by atoms with Crippen molar-refractivity contribution in [1.29, 1.82) is 0 Å². The average molecular weight is 221 g/mol. The number of rotatable bonds is 2. The molecule has 0 spiro atoms. The van der Waals surface area contributed by atoms with Crippen LogP contribution in [-0.4, -0.2) is 22.6 Å². The van der Waals surface area contributed by atoms with Crippen molar-refractivity contribution >= 4 is 34.9 Å². The summed E-state index contributed by atoms with van der Waals surface area (Å²) >= 11 is 11.3. The van der Waals surface area contributed by atoms with E-state index in [-0.39, 0.29) is 10.8 Å². The molecule has 1 aromatic heterocycles. The normalized spacial score (nSPS) is 9.77. The molecule has 2 N–H and O–H groups in total. The quantitative estimate of drug-likeness (QED) is 0.791. The molecule has 0 atom stereocenters. The van der Waals surface area contributed by atoms with Gasteiger partial charge in [0.05, 0.1) is 10.0 Å². The minimum absolute atomic E-state index is 0.185. The average Bonchev–Trinajstić information content (AvgIpc) is 2.09. The lowest BCUT2D eigenvalue weighted by Gasteiger charge is -2.03. The summed E-state index contributed by atoms with van der Waals surface area (Å²) in [6.07, 6.45) is 1.35. The van der Waals surface area contributed by atoms with Gasteiger partial charge in [-0.25, -0.2) is 4.98 Å². The first kappa shape index (κ1) is 10.2. The first-order valence-electron chi connectivity index (χ1n) is 3.35. The minimum atomic E-state index is -0.610. The topological polar surface area (TPSA) is 62.2 Å². The number of aliphatic hydroxyl groups is 1. The van der Waals surface area contributed by atoms with Gasteiger partial charge in [0.25, 0.3) is 5.91 Å². The van der Waals surface area contributed by atoms with Crippen molar-refractivity contribution in [2.75, 3.05) is 11.9 Å². The second-order valence-electron chi connectivity index (χ2n) is 2.19. The lowest BCUT2D eigenvalue weighted by molar-refractivity contribution is -0.118. The number of nitrogens with zero attached hydrogens (tertiary/aromatic N) is 1. The number of hydrogen-bond donors (Lipinski definition) is 2. The van der Waals surface area contributed by atoms with Crippen molar-refractivity contribution in [2.24, 2.45) is 0 Å². The molecule has 0 aromatic carbocycles. The highest BCUT2D eigenvalue weighted by atomic mass is 35.5. The van der Waals surface area contributed by atoms with Crippen LogP contribution in [0.1, 0.15) is 0 Å². The summed E-state index contributed by atoms with van der Waals surface area (Å²) in [5.41, 5.74) is 0. The van der Waals surface area contributed by atoms with Crippen molar-refractivity contribution in [3.8, 4) is 0 Å². The molecule has 0 bridgehead atoms. The second kappa shape index (κ2) is 4.41. The molecule has 70 valence electrons. The summed E-state index contributed by atoms with van der Waals surface area (Å²) in [6.45, 7) is -0.610. The van der Waals surface area contributed by atoms with E-state index >= 15 is 0 Å². The number of aromatic nitrogens is 1. The van der Waals surface area contributed by atoms with Crippen LogP contribution in [0.4, 0.5) is 5.82 Å². The Morgan fingerprint density at radius 2 is 2.31 bits per heavy atom. The van der Waals surface area contributed by atoms with Crippen LogP contribution in [0.25, 0.3) is 0 Å². The van der Waals surface area contributed by atoms with Gasteiger partial charge >= 0.3 is 0 Å². The van der Waals surface area contributed by atoms with Crippen LogP contribution >= 0.6 is 23.2 Å². The van der Waals surface area contributed by atoms with Crippen molar-refractivity contribution in [3.05, 3.63) is 22.3 Å². The Hall–Kier alpha value is -0.840. The highest BCUT2D eigenvalue weighted by Gasteiger charge is 2.05. The van der Waals surface area contributed by atoms with E-state index in [9.17, 15) is 4.79 Å². The number of amides is 1. The van der Waals surface area contributed by atoms with Gasteiger partial charge in [-0.05, 0) is 6.07 Å². The number of aliphatic hydroxyl groups excluding tert-OH is 1. The summed E-state index contributed by atoms with van der Waals surface area (Å²) in [5.74, 6) is -0.387. The maximum Gasteiger partial charge on any atom is 0.251 e. The molecule has 4 nitrogen and oxygen atoms in total. The van der Waals surface area contributed by atoms with Crippen LogP contribution in [-0.2, 0) is 4.79 Å². The van der Waals surface area contributed by atoms with Gasteiger partial charge in [-0.3, -0.25) is 4.79 Å². The predicted molar refractivity (Wildman–Crippen MR) is 50.0 cm³/mol. The monoisotopic (exact) mass is 220 g/mol. The van der Waals surface area contributed by atoms with Gasteiger partial charge in [0.1, 0.15) is 6.61 Å². The van der Waals surface area contributed by atoms with Gasteiger partial charge in [0.2, 0.25) is 0 Å². The number of nitrogens with one attached hydrogen (secondary N) is 1. The number of carbonyl (C=O) groups is 1. The van der Waals surface area contributed by atoms with Crippen molar-refractivity contribution in [1.82, 2.24) is 4.98 Å². The van der Waals surface area contributed by atoms with Crippen LogP contribution in [0.2, 0.25) is 10.0 Å². The van der Waals surface area contributed by atoms with E-state index in [1.807, 2.05) is 0 Å². The minimum Gasteiger partial charge on any atom is -0.387 e. The van der Waals surface area contributed by atoms with Crippen molar-refractivity contribution in [2.45, 2.75) is 0 Å². The predicted octanol–water partition coefficient (Wildman–Crippen LogP) is 1.32. The summed E-state index contributed by atoms with van der Waals surface area (Å²) in [7, 11) is 0. The molecule has 0 radical (unpaired) electrons. The van der Waals surface area contributed by atoms with E-state index in [0.717, 1.165) is 0 Å². The van der Waals surface area contributed by atoms with Crippen LogP contribution in [0.15, 0.2) is 12.3 Å². The molecule has 0 fully saturated rings. The van der Waals surface area contributed by atoms with Crippen LogP contribution < -0.4 is 5.32 Å². The fraction of sp³-hybridized carbons (Fsp3) is 0.143. The number of pyridine rings is 1. The number of carbonyl (C=O) groups excluding carboxylic acids is 1. The van der Waals surface area contributed by atoms with E-state index in [1.54, 1.807) is 0 Å². The Kier molecular flexibility index (Phi) is 3.48. The van der Waals surface area contributed by atoms with Gasteiger partial charge in [-0.1, -0.05) is 23.2 Å². The van der Waals surface area contributed by atoms with E-state index in [2.05, 4.69) is 10.3 Å². The number of halogens is 2. The van der Waals surface area contributed by atoms with Gasteiger partial charge in [0, 0.05) is 6.20 Å². The van der Waals surface area contributed by atoms with E-state index in [1.165, 1.54) is 12.3 Å². The Morgan fingerprint density at radius 1 is 1.62 bits per heavy atom. The molecule has 1 amide bonds. The SMILES string of the molecule is O=C(CO)Nc1ncc(Cl)cc1Cl.